The summed E-state index contributed by atoms with van der Waals surface area (Å²) in [5.74, 6) is -3.32. The van der Waals surface area contributed by atoms with Crippen molar-refractivity contribution in [3.63, 3.8) is 0 Å². The fraction of sp³-hybridized carbons (Fsp3) is 0.533. The third-order valence-corrected chi connectivity index (χ3v) is 6.05. The summed E-state index contributed by atoms with van der Waals surface area (Å²) in [6.45, 7) is 0.872. The van der Waals surface area contributed by atoms with Gasteiger partial charge < -0.3 is 5.32 Å². The molecule has 3 N–H and O–H groups in total. The lowest BCUT2D eigenvalue weighted by Gasteiger charge is -2.31. The van der Waals surface area contributed by atoms with Gasteiger partial charge in [-0.1, -0.05) is 0 Å². The van der Waals surface area contributed by atoms with Gasteiger partial charge in [-0.3, -0.25) is 15.6 Å². The van der Waals surface area contributed by atoms with Crippen LogP contribution >= 0.6 is 0 Å². The molecule has 1 saturated heterocycles. The zero-order chi connectivity index (χ0) is 17.3. The van der Waals surface area contributed by atoms with Crippen LogP contribution in [0.5, 0.6) is 0 Å². The van der Waals surface area contributed by atoms with Gasteiger partial charge >= 0.3 is 5.76 Å². The largest absolute Gasteiger partial charge is 0.349 e. The fourth-order valence-corrected chi connectivity index (χ4v) is 4.02. The Hall–Kier alpha value is -1.58. The average Bonchev–Trinajstić information content (AvgIpc) is 3.02. The van der Waals surface area contributed by atoms with E-state index in [4.69, 9.17) is 0 Å². The number of rotatable bonds is 4. The molecule has 6 nitrogen and oxygen atoms in total. The molecule has 1 saturated carbocycles. The van der Waals surface area contributed by atoms with Gasteiger partial charge in [-0.2, -0.15) is 8.78 Å². The number of hydrogen-bond donors (Lipinski definition) is 3. The van der Waals surface area contributed by atoms with Crippen LogP contribution in [0.4, 0.5) is 8.78 Å². The Morgan fingerprint density at radius 3 is 2.58 bits per heavy atom. The summed E-state index contributed by atoms with van der Waals surface area (Å²) >= 11 is 0. The third kappa shape index (κ3) is 3.42. The van der Waals surface area contributed by atoms with E-state index in [9.17, 15) is 22.0 Å². The number of amides is 1. The molecule has 1 aromatic rings. The molecule has 9 heteroatoms. The van der Waals surface area contributed by atoms with Crippen LogP contribution in [-0.4, -0.2) is 38.7 Å². The highest BCUT2D eigenvalue weighted by atomic mass is 32.2. The molecule has 3 rings (SSSR count). The van der Waals surface area contributed by atoms with Crippen LogP contribution in [0.3, 0.4) is 0 Å². The van der Waals surface area contributed by atoms with Crippen molar-refractivity contribution < 1.29 is 22.0 Å². The van der Waals surface area contributed by atoms with Crippen molar-refractivity contribution in [2.45, 2.75) is 42.0 Å². The van der Waals surface area contributed by atoms with E-state index in [-0.39, 0.29) is 17.5 Å². The van der Waals surface area contributed by atoms with Gasteiger partial charge in [-0.05, 0) is 49.4 Å². The first-order valence-electron chi connectivity index (χ1n) is 7.79. The van der Waals surface area contributed by atoms with Crippen LogP contribution < -0.4 is 16.2 Å². The molecule has 132 valence electrons. The van der Waals surface area contributed by atoms with Gasteiger partial charge in [0.15, 0.2) is 0 Å². The number of hydrogen-bond acceptors (Lipinski definition) is 5. The van der Waals surface area contributed by atoms with Crippen molar-refractivity contribution in [1.82, 2.24) is 16.2 Å². The van der Waals surface area contributed by atoms with Gasteiger partial charge in [0.05, 0.1) is 4.90 Å². The van der Waals surface area contributed by atoms with Crippen molar-refractivity contribution in [2.75, 3.05) is 6.54 Å². The Labute approximate surface area is 138 Å². The highest BCUT2D eigenvalue weighted by molar-refractivity contribution is 7.91. The molecule has 1 aliphatic carbocycles. The standard InChI is InChI=1S/C15H19F2N3O3S/c16-15(17)24(22,23)12-4-1-9(2-5-12)14(21)19-11-3-6-13-10(7-11)8-18-20-13/h1-2,4-5,10-11,13,15,18,20H,3,6-8H2,(H,19,21). The van der Waals surface area contributed by atoms with Crippen LogP contribution in [-0.2, 0) is 9.84 Å². The molecule has 1 aliphatic heterocycles. The second-order valence-electron chi connectivity index (χ2n) is 6.21. The van der Waals surface area contributed by atoms with E-state index in [2.05, 4.69) is 16.2 Å². The van der Waals surface area contributed by atoms with Crippen LogP contribution in [0.1, 0.15) is 29.6 Å². The summed E-state index contributed by atoms with van der Waals surface area (Å²) in [6.07, 6.45) is 2.70. The highest BCUT2D eigenvalue weighted by Crippen LogP contribution is 2.27. The monoisotopic (exact) mass is 359 g/mol. The lowest BCUT2D eigenvalue weighted by molar-refractivity contribution is 0.0918. The normalized spacial score (nSPS) is 27.0. The van der Waals surface area contributed by atoms with E-state index < -0.39 is 20.5 Å². The number of halogens is 2. The average molecular weight is 359 g/mol. The molecule has 3 atom stereocenters. The number of carbonyl (C=O) groups is 1. The van der Waals surface area contributed by atoms with Gasteiger partial charge in [0, 0.05) is 24.2 Å². The van der Waals surface area contributed by atoms with Crippen molar-refractivity contribution >= 4 is 15.7 Å². The minimum absolute atomic E-state index is 0.0601. The molecular weight excluding hydrogens is 340 g/mol. The number of fused-ring (bicyclic) bond motifs is 1. The molecule has 3 unspecified atom stereocenters. The maximum absolute atomic E-state index is 12.5. The molecular formula is C15H19F2N3O3S. The minimum atomic E-state index is -4.64. The van der Waals surface area contributed by atoms with Crippen molar-refractivity contribution in [2.24, 2.45) is 5.92 Å². The number of nitrogens with one attached hydrogen (secondary N) is 3. The van der Waals surface area contributed by atoms with E-state index in [1.807, 2.05) is 0 Å². The number of carbonyl (C=O) groups excluding carboxylic acids is 1. The van der Waals surface area contributed by atoms with Gasteiger partial charge in [-0.25, -0.2) is 8.42 Å². The smallest absolute Gasteiger partial charge is 0.341 e. The quantitative estimate of drug-likeness (QED) is 0.748. The molecule has 0 aromatic heterocycles. The van der Waals surface area contributed by atoms with Gasteiger partial charge in [-0.15, -0.1) is 0 Å². The highest BCUT2D eigenvalue weighted by Gasteiger charge is 2.34. The first-order chi connectivity index (χ1) is 11.4. The summed E-state index contributed by atoms with van der Waals surface area (Å²) in [6, 6.07) is 5.10. The lowest BCUT2D eigenvalue weighted by Crippen LogP contribution is -2.44. The summed E-state index contributed by atoms with van der Waals surface area (Å²) < 4.78 is 47.7. The molecule has 2 fully saturated rings. The molecule has 1 amide bonds. The number of alkyl halides is 2. The Morgan fingerprint density at radius 1 is 1.21 bits per heavy atom. The Morgan fingerprint density at radius 2 is 1.92 bits per heavy atom. The molecule has 1 aromatic carbocycles. The van der Waals surface area contributed by atoms with Gasteiger partial charge in [0.25, 0.3) is 5.91 Å². The van der Waals surface area contributed by atoms with Gasteiger partial charge in [0.1, 0.15) is 0 Å². The van der Waals surface area contributed by atoms with E-state index in [1.54, 1.807) is 0 Å². The second kappa shape index (κ2) is 6.73. The zero-order valence-electron chi connectivity index (χ0n) is 12.8. The molecule has 0 radical (unpaired) electrons. The predicted molar refractivity (Wildman–Crippen MR) is 83.2 cm³/mol. The van der Waals surface area contributed by atoms with E-state index in [1.165, 1.54) is 12.1 Å². The summed E-state index contributed by atoms with van der Waals surface area (Å²) in [4.78, 5) is 11.8. The zero-order valence-corrected chi connectivity index (χ0v) is 13.7. The lowest BCUT2D eigenvalue weighted by atomic mass is 9.83. The van der Waals surface area contributed by atoms with Crippen molar-refractivity contribution in [1.29, 1.82) is 0 Å². The minimum Gasteiger partial charge on any atom is -0.349 e. The van der Waals surface area contributed by atoms with E-state index in [0.717, 1.165) is 37.9 Å². The molecule has 1 heterocycles. The topological polar surface area (TPSA) is 87.3 Å². The van der Waals surface area contributed by atoms with Crippen LogP contribution in [0, 0.1) is 5.92 Å². The first-order valence-corrected chi connectivity index (χ1v) is 9.34. The Bertz CT molecular complexity index is 709. The predicted octanol–water partition coefficient (Wildman–Crippen LogP) is 1.06. The maximum Gasteiger partial charge on any atom is 0.341 e. The molecule has 0 spiro atoms. The summed E-state index contributed by atoms with van der Waals surface area (Å²) in [5, 5.41) is 2.94. The van der Waals surface area contributed by atoms with Crippen LogP contribution in [0.25, 0.3) is 0 Å². The SMILES string of the molecule is O=C(NC1CCC2NNCC2C1)c1ccc(S(=O)(=O)C(F)F)cc1. The summed E-state index contributed by atoms with van der Waals surface area (Å²) in [7, 11) is -4.64. The molecule has 0 bridgehead atoms. The fourth-order valence-electron chi connectivity index (χ4n) is 3.30. The van der Waals surface area contributed by atoms with Crippen molar-refractivity contribution in [3.8, 4) is 0 Å². The number of sulfone groups is 1. The van der Waals surface area contributed by atoms with E-state index >= 15 is 0 Å². The van der Waals surface area contributed by atoms with Crippen LogP contribution in [0.15, 0.2) is 29.2 Å². The summed E-state index contributed by atoms with van der Waals surface area (Å²) in [5.41, 5.74) is 6.59. The van der Waals surface area contributed by atoms with Crippen molar-refractivity contribution in [3.05, 3.63) is 29.8 Å². The van der Waals surface area contributed by atoms with E-state index in [0.29, 0.717) is 12.0 Å². The second-order valence-corrected chi connectivity index (χ2v) is 8.12. The number of benzene rings is 1. The maximum atomic E-state index is 12.5. The number of hydrazine groups is 1. The Balaban J connectivity index is 1.63. The molecule has 2 aliphatic rings. The van der Waals surface area contributed by atoms with Gasteiger partial charge in [0.2, 0.25) is 9.84 Å². The third-order valence-electron chi connectivity index (χ3n) is 4.65. The van der Waals surface area contributed by atoms with Crippen LogP contribution in [0.2, 0.25) is 0 Å². The Kier molecular flexibility index (Phi) is 4.84. The first kappa shape index (κ1) is 17.2. The molecule has 24 heavy (non-hydrogen) atoms.